The molecule has 1 saturated carbocycles. The quantitative estimate of drug-likeness (QED) is 0.863. The standard InChI is InChI=1S/C16H18N4OS/c1-11-7-12(2)19-15(13(11)8-17)22-9-14(21)20-16(10-18)5-3-4-6-16/h7H,3-6,9H2,1-2H3,(H,20,21). The summed E-state index contributed by atoms with van der Waals surface area (Å²) in [5.74, 6) is -0.0214. The summed E-state index contributed by atoms with van der Waals surface area (Å²) in [5, 5.41) is 21.9. The van der Waals surface area contributed by atoms with E-state index in [1.54, 1.807) is 0 Å². The van der Waals surface area contributed by atoms with Gasteiger partial charge in [-0.3, -0.25) is 4.79 Å². The molecule has 1 aliphatic carbocycles. The van der Waals surface area contributed by atoms with Crippen LogP contribution in [0.4, 0.5) is 0 Å². The number of aryl methyl sites for hydroxylation is 2. The summed E-state index contributed by atoms with van der Waals surface area (Å²) in [6.07, 6.45) is 3.37. The Morgan fingerprint density at radius 3 is 2.68 bits per heavy atom. The van der Waals surface area contributed by atoms with Gasteiger partial charge in [-0.2, -0.15) is 10.5 Å². The third kappa shape index (κ3) is 3.58. The first-order valence-electron chi connectivity index (χ1n) is 7.23. The molecule has 0 spiro atoms. The molecule has 114 valence electrons. The molecule has 0 atom stereocenters. The molecule has 0 aromatic carbocycles. The monoisotopic (exact) mass is 314 g/mol. The minimum atomic E-state index is -0.703. The van der Waals surface area contributed by atoms with Crippen molar-refractivity contribution in [2.24, 2.45) is 0 Å². The van der Waals surface area contributed by atoms with Crippen LogP contribution in [-0.2, 0) is 4.79 Å². The van der Waals surface area contributed by atoms with E-state index < -0.39 is 5.54 Å². The van der Waals surface area contributed by atoms with Gasteiger partial charge in [0, 0.05) is 5.69 Å². The van der Waals surface area contributed by atoms with Crippen LogP contribution in [0, 0.1) is 36.5 Å². The fraction of sp³-hybridized carbons (Fsp3) is 0.500. The third-order valence-electron chi connectivity index (χ3n) is 3.81. The van der Waals surface area contributed by atoms with Gasteiger partial charge in [0.2, 0.25) is 5.91 Å². The van der Waals surface area contributed by atoms with Gasteiger partial charge in [0.15, 0.2) is 0 Å². The minimum Gasteiger partial charge on any atom is -0.337 e. The largest absolute Gasteiger partial charge is 0.337 e. The first kappa shape index (κ1) is 16.3. The summed E-state index contributed by atoms with van der Waals surface area (Å²) in [4.78, 5) is 16.5. The Kier molecular flexibility index (Phi) is 5.05. The predicted molar refractivity (Wildman–Crippen MR) is 84.1 cm³/mol. The van der Waals surface area contributed by atoms with Crippen LogP contribution in [0.1, 0.15) is 42.5 Å². The molecular formula is C16H18N4OS. The van der Waals surface area contributed by atoms with Crippen LogP contribution in [-0.4, -0.2) is 22.2 Å². The summed E-state index contributed by atoms with van der Waals surface area (Å²) >= 11 is 1.25. The van der Waals surface area contributed by atoms with E-state index in [0.717, 1.165) is 24.1 Å². The van der Waals surface area contributed by atoms with E-state index in [9.17, 15) is 15.3 Å². The Bertz CT molecular complexity index is 666. The molecule has 1 heterocycles. The zero-order chi connectivity index (χ0) is 16.2. The second kappa shape index (κ2) is 6.81. The Morgan fingerprint density at radius 1 is 1.41 bits per heavy atom. The highest BCUT2D eigenvalue weighted by atomic mass is 32.2. The number of aromatic nitrogens is 1. The van der Waals surface area contributed by atoms with Gasteiger partial charge in [-0.05, 0) is 51.2 Å². The van der Waals surface area contributed by atoms with Gasteiger partial charge in [0.05, 0.1) is 17.4 Å². The van der Waals surface area contributed by atoms with Crippen molar-refractivity contribution >= 4 is 17.7 Å². The van der Waals surface area contributed by atoms with Crippen molar-refractivity contribution in [3.8, 4) is 12.1 Å². The third-order valence-corrected chi connectivity index (χ3v) is 4.79. The van der Waals surface area contributed by atoms with Gasteiger partial charge in [0.1, 0.15) is 16.6 Å². The van der Waals surface area contributed by atoms with Gasteiger partial charge in [0.25, 0.3) is 0 Å². The number of nitrogens with one attached hydrogen (secondary N) is 1. The number of thioether (sulfide) groups is 1. The van der Waals surface area contributed by atoms with Crippen molar-refractivity contribution in [3.05, 3.63) is 22.9 Å². The molecule has 22 heavy (non-hydrogen) atoms. The highest BCUT2D eigenvalue weighted by Crippen LogP contribution is 2.29. The average Bonchev–Trinajstić information content (AvgIpc) is 2.93. The van der Waals surface area contributed by atoms with E-state index in [0.29, 0.717) is 23.4 Å². The van der Waals surface area contributed by atoms with Gasteiger partial charge in [-0.25, -0.2) is 4.98 Å². The number of rotatable bonds is 4. The van der Waals surface area contributed by atoms with Crippen molar-refractivity contribution in [3.63, 3.8) is 0 Å². The Morgan fingerprint density at radius 2 is 2.09 bits per heavy atom. The molecule has 1 amide bonds. The summed E-state index contributed by atoms with van der Waals surface area (Å²) < 4.78 is 0. The summed E-state index contributed by atoms with van der Waals surface area (Å²) in [7, 11) is 0. The highest BCUT2D eigenvalue weighted by molar-refractivity contribution is 8.00. The molecule has 1 aromatic heterocycles. The number of amides is 1. The maximum absolute atomic E-state index is 12.1. The number of hydrogen-bond donors (Lipinski definition) is 1. The van der Waals surface area contributed by atoms with E-state index in [2.05, 4.69) is 22.4 Å². The summed E-state index contributed by atoms with van der Waals surface area (Å²) in [6, 6.07) is 6.23. The first-order chi connectivity index (χ1) is 10.5. The zero-order valence-electron chi connectivity index (χ0n) is 12.8. The van der Waals surface area contributed by atoms with Crippen molar-refractivity contribution in [1.29, 1.82) is 10.5 Å². The van der Waals surface area contributed by atoms with Crippen molar-refractivity contribution in [2.75, 3.05) is 5.75 Å². The second-order valence-corrected chi connectivity index (χ2v) is 6.57. The highest BCUT2D eigenvalue weighted by Gasteiger charge is 2.35. The number of carbonyl (C=O) groups is 1. The van der Waals surface area contributed by atoms with Crippen molar-refractivity contribution in [2.45, 2.75) is 50.1 Å². The van der Waals surface area contributed by atoms with Gasteiger partial charge in [-0.15, -0.1) is 0 Å². The van der Waals surface area contributed by atoms with Crippen LogP contribution < -0.4 is 5.32 Å². The van der Waals surface area contributed by atoms with E-state index >= 15 is 0 Å². The van der Waals surface area contributed by atoms with E-state index in [1.807, 2.05) is 19.9 Å². The maximum atomic E-state index is 12.1. The minimum absolute atomic E-state index is 0.161. The van der Waals surface area contributed by atoms with E-state index in [1.165, 1.54) is 11.8 Å². The lowest BCUT2D eigenvalue weighted by Gasteiger charge is -2.21. The first-order valence-corrected chi connectivity index (χ1v) is 8.21. The molecule has 0 bridgehead atoms. The Balaban J connectivity index is 2.03. The summed E-state index contributed by atoms with van der Waals surface area (Å²) in [6.45, 7) is 3.72. The van der Waals surface area contributed by atoms with Gasteiger partial charge < -0.3 is 5.32 Å². The van der Waals surface area contributed by atoms with E-state index in [-0.39, 0.29) is 11.7 Å². The van der Waals surface area contributed by atoms with Crippen LogP contribution in [0.2, 0.25) is 0 Å². The van der Waals surface area contributed by atoms with Crippen LogP contribution in [0.5, 0.6) is 0 Å². The van der Waals surface area contributed by atoms with E-state index in [4.69, 9.17) is 0 Å². The summed E-state index contributed by atoms with van der Waals surface area (Å²) in [5.41, 5.74) is 1.50. The fourth-order valence-corrected chi connectivity index (χ4v) is 3.62. The zero-order valence-corrected chi connectivity index (χ0v) is 13.6. The molecule has 6 heteroatoms. The molecule has 1 fully saturated rings. The lowest BCUT2D eigenvalue weighted by molar-refractivity contribution is -0.119. The molecule has 1 aromatic rings. The topological polar surface area (TPSA) is 89.6 Å². The van der Waals surface area contributed by atoms with Crippen LogP contribution >= 0.6 is 11.8 Å². The Hall–Kier alpha value is -2.05. The van der Waals surface area contributed by atoms with Crippen LogP contribution in [0.3, 0.4) is 0 Å². The number of nitriles is 2. The average molecular weight is 314 g/mol. The molecular weight excluding hydrogens is 296 g/mol. The molecule has 1 aliphatic rings. The molecule has 1 N–H and O–H groups in total. The van der Waals surface area contributed by atoms with Crippen LogP contribution in [0.15, 0.2) is 11.1 Å². The number of pyridine rings is 1. The number of nitrogens with zero attached hydrogens (tertiary/aromatic N) is 3. The molecule has 0 unspecified atom stereocenters. The number of hydrogen-bond acceptors (Lipinski definition) is 5. The Labute approximate surface area is 134 Å². The normalized spacial score (nSPS) is 15.8. The molecule has 2 rings (SSSR count). The second-order valence-electron chi connectivity index (χ2n) is 5.61. The smallest absolute Gasteiger partial charge is 0.231 e. The van der Waals surface area contributed by atoms with Crippen molar-refractivity contribution < 1.29 is 4.79 Å². The SMILES string of the molecule is Cc1cc(C)c(C#N)c(SCC(=O)NC2(C#N)CCCC2)n1. The number of carbonyl (C=O) groups excluding carboxylic acids is 1. The lowest BCUT2D eigenvalue weighted by Crippen LogP contribution is -2.45. The van der Waals surface area contributed by atoms with Crippen LogP contribution in [0.25, 0.3) is 0 Å². The molecule has 0 saturated heterocycles. The lowest BCUT2D eigenvalue weighted by atomic mass is 10.0. The predicted octanol–water partition coefficient (Wildman–Crippen LogP) is 2.61. The van der Waals surface area contributed by atoms with Gasteiger partial charge in [-0.1, -0.05) is 11.8 Å². The molecule has 0 radical (unpaired) electrons. The van der Waals surface area contributed by atoms with Gasteiger partial charge >= 0.3 is 0 Å². The maximum Gasteiger partial charge on any atom is 0.231 e. The molecule has 0 aliphatic heterocycles. The fourth-order valence-electron chi connectivity index (χ4n) is 2.72. The van der Waals surface area contributed by atoms with Crippen molar-refractivity contribution in [1.82, 2.24) is 10.3 Å². The molecule has 5 nitrogen and oxygen atoms in total.